The molecule has 2 rings (SSSR count). The minimum atomic E-state index is 0.706. The van der Waals surface area contributed by atoms with E-state index in [-0.39, 0.29) is 0 Å². The Morgan fingerprint density at radius 3 is 2.67 bits per heavy atom. The summed E-state index contributed by atoms with van der Waals surface area (Å²) in [6, 6.07) is 8.02. The number of nitrogens with one attached hydrogen (secondary N) is 1. The maximum Gasteiger partial charge on any atom is 0.0992 e. The van der Waals surface area contributed by atoms with Crippen LogP contribution in [0, 0.1) is 11.3 Å². The second kappa shape index (κ2) is 4.65. The van der Waals surface area contributed by atoms with E-state index < -0.39 is 0 Å². The molecular formula is C11H12BrN3. The number of anilines is 1. The molecule has 0 spiro atoms. The van der Waals surface area contributed by atoms with Crippen molar-refractivity contribution in [2.24, 2.45) is 0 Å². The summed E-state index contributed by atoms with van der Waals surface area (Å²) < 4.78 is 0.968. The molecule has 0 radical (unpaired) electrons. The van der Waals surface area contributed by atoms with Crippen molar-refractivity contribution >= 4 is 21.6 Å². The fourth-order valence-electron chi connectivity index (χ4n) is 1.74. The normalized spacial score (nSPS) is 16.1. The summed E-state index contributed by atoms with van der Waals surface area (Å²) in [5.74, 6) is 0. The van der Waals surface area contributed by atoms with Gasteiger partial charge in [0.05, 0.1) is 11.6 Å². The first-order chi connectivity index (χ1) is 7.29. The van der Waals surface area contributed by atoms with E-state index in [9.17, 15) is 0 Å². The molecule has 0 atom stereocenters. The SMILES string of the molecule is N#Cc1cc(Br)cc(N2CCNCC2)c1. The van der Waals surface area contributed by atoms with Gasteiger partial charge in [-0.1, -0.05) is 15.9 Å². The van der Waals surface area contributed by atoms with Crippen molar-refractivity contribution in [1.29, 1.82) is 5.26 Å². The summed E-state index contributed by atoms with van der Waals surface area (Å²) in [6.07, 6.45) is 0. The number of benzene rings is 1. The van der Waals surface area contributed by atoms with Gasteiger partial charge in [0.25, 0.3) is 0 Å². The number of hydrogen-bond acceptors (Lipinski definition) is 3. The van der Waals surface area contributed by atoms with E-state index in [0.29, 0.717) is 5.56 Å². The smallest absolute Gasteiger partial charge is 0.0992 e. The topological polar surface area (TPSA) is 39.1 Å². The number of piperazine rings is 1. The molecule has 1 aromatic carbocycles. The van der Waals surface area contributed by atoms with Crippen LogP contribution in [0.5, 0.6) is 0 Å². The Morgan fingerprint density at radius 2 is 2.00 bits per heavy atom. The molecule has 3 nitrogen and oxygen atoms in total. The van der Waals surface area contributed by atoms with E-state index in [1.807, 2.05) is 12.1 Å². The molecule has 4 heteroatoms. The fourth-order valence-corrected chi connectivity index (χ4v) is 2.23. The van der Waals surface area contributed by atoms with Gasteiger partial charge in [0, 0.05) is 36.3 Å². The predicted molar refractivity (Wildman–Crippen MR) is 63.9 cm³/mol. The maximum atomic E-state index is 8.88. The van der Waals surface area contributed by atoms with Gasteiger partial charge >= 0.3 is 0 Å². The summed E-state index contributed by atoms with van der Waals surface area (Å²) >= 11 is 3.43. The minimum absolute atomic E-state index is 0.706. The molecule has 1 fully saturated rings. The summed E-state index contributed by atoms with van der Waals surface area (Å²) in [4.78, 5) is 2.29. The molecule has 1 aromatic rings. The van der Waals surface area contributed by atoms with Crippen LogP contribution in [0.3, 0.4) is 0 Å². The van der Waals surface area contributed by atoms with Crippen LogP contribution >= 0.6 is 15.9 Å². The minimum Gasteiger partial charge on any atom is -0.369 e. The van der Waals surface area contributed by atoms with Gasteiger partial charge in [-0.2, -0.15) is 5.26 Å². The highest BCUT2D eigenvalue weighted by Gasteiger charge is 2.11. The zero-order chi connectivity index (χ0) is 10.7. The number of hydrogen-bond donors (Lipinski definition) is 1. The average Bonchev–Trinajstić information content (AvgIpc) is 2.29. The Hall–Kier alpha value is -1.05. The number of nitrogens with zero attached hydrogens (tertiary/aromatic N) is 2. The zero-order valence-electron chi connectivity index (χ0n) is 8.33. The molecular weight excluding hydrogens is 254 g/mol. The number of nitriles is 1. The van der Waals surface area contributed by atoms with Crippen molar-refractivity contribution in [3.05, 3.63) is 28.2 Å². The lowest BCUT2D eigenvalue weighted by molar-refractivity contribution is 0.589. The van der Waals surface area contributed by atoms with E-state index in [2.05, 4.69) is 38.3 Å². The van der Waals surface area contributed by atoms with Crippen LogP contribution in [0.25, 0.3) is 0 Å². The summed E-state index contributed by atoms with van der Waals surface area (Å²) in [6.45, 7) is 4.02. The summed E-state index contributed by atoms with van der Waals surface area (Å²) in [7, 11) is 0. The van der Waals surface area contributed by atoms with Crippen LogP contribution in [0.2, 0.25) is 0 Å². The third-order valence-corrected chi connectivity index (χ3v) is 2.95. The van der Waals surface area contributed by atoms with Crippen molar-refractivity contribution in [3.63, 3.8) is 0 Å². The van der Waals surface area contributed by atoms with Crippen molar-refractivity contribution in [3.8, 4) is 6.07 Å². The van der Waals surface area contributed by atoms with Gasteiger partial charge in [0.15, 0.2) is 0 Å². The zero-order valence-corrected chi connectivity index (χ0v) is 9.92. The van der Waals surface area contributed by atoms with E-state index in [4.69, 9.17) is 5.26 Å². The van der Waals surface area contributed by atoms with Gasteiger partial charge in [-0.25, -0.2) is 0 Å². The van der Waals surface area contributed by atoms with E-state index in [1.165, 1.54) is 0 Å². The Balaban J connectivity index is 2.27. The maximum absolute atomic E-state index is 8.88. The molecule has 0 amide bonds. The van der Waals surface area contributed by atoms with Crippen molar-refractivity contribution < 1.29 is 0 Å². The van der Waals surface area contributed by atoms with E-state index in [0.717, 1.165) is 36.3 Å². The van der Waals surface area contributed by atoms with E-state index in [1.54, 1.807) is 0 Å². The summed E-state index contributed by atoms with van der Waals surface area (Å²) in [5, 5.41) is 12.2. The first-order valence-corrected chi connectivity index (χ1v) is 5.75. The molecule has 0 bridgehead atoms. The van der Waals surface area contributed by atoms with Crippen LogP contribution in [0.15, 0.2) is 22.7 Å². The monoisotopic (exact) mass is 265 g/mol. The average molecular weight is 266 g/mol. The molecule has 0 aliphatic carbocycles. The van der Waals surface area contributed by atoms with Gasteiger partial charge in [0.2, 0.25) is 0 Å². The second-order valence-corrected chi connectivity index (χ2v) is 4.46. The van der Waals surface area contributed by atoms with Gasteiger partial charge in [-0.15, -0.1) is 0 Å². The van der Waals surface area contributed by atoms with Gasteiger partial charge in [-0.3, -0.25) is 0 Å². The first-order valence-electron chi connectivity index (χ1n) is 4.96. The third kappa shape index (κ3) is 2.49. The first kappa shape index (κ1) is 10.5. The molecule has 0 saturated carbocycles. The highest BCUT2D eigenvalue weighted by Crippen LogP contribution is 2.22. The highest BCUT2D eigenvalue weighted by molar-refractivity contribution is 9.10. The second-order valence-electron chi connectivity index (χ2n) is 3.55. The van der Waals surface area contributed by atoms with Crippen LogP contribution in [0.4, 0.5) is 5.69 Å². The summed E-state index contributed by atoms with van der Waals surface area (Å²) in [5.41, 5.74) is 1.83. The van der Waals surface area contributed by atoms with Crippen molar-refractivity contribution in [1.82, 2.24) is 5.32 Å². The standard InChI is InChI=1S/C11H12BrN3/c12-10-5-9(8-13)6-11(7-10)15-3-1-14-2-4-15/h5-7,14H,1-4H2. The lowest BCUT2D eigenvalue weighted by atomic mass is 10.2. The number of rotatable bonds is 1. The molecule has 0 aromatic heterocycles. The lowest BCUT2D eigenvalue weighted by Gasteiger charge is -2.29. The Labute approximate surface area is 97.8 Å². The van der Waals surface area contributed by atoms with Crippen LogP contribution in [0.1, 0.15) is 5.56 Å². The van der Waals surface area contributed by atoms with Crippen molar-refractivity contribution in [2.45, 2.75) is 0 Å². The predicted octanol–water partition coefficient (Wildman–Crippen LogP) is 1.73. The fraction of sp³-hybridized carbons (Fsp3) is 0.364. The van der Waals surface area contributed by atoms with Crippen LogP contribution in [-0.4, -0.2) is 26.2 Å². The molecule has 1 heterocycles. The molecule has 1 saturated heterocycles. The molecule has 1 N–H and O–H groups in total. The lowest BCUT2D eigenvalue weighted by Crippen LogP contribution is -2.43. The third-order valence-electron chi connectivity index (χ3n) is 2.49. The Bertz CT molecular complexity index is 391. The van der Waals surface area contributed by atoms with Gasteiger partial charge < -0.3 is 10.2 Å². The Morgan fingerprint density at radius 1 is 1.27 bits per heavy atom. The Kier molecular flexibility index (Phi) is 3.24. The largest absolute Gasteiger partial charge is 0.369 e. The van der Waals surface area contributed by atoms with Gasteiger partial charge in [0.1, 0.15) is 0 Å². The molecule has 1 aliphatic rings. The van der Waals surface area contributed by atoms with Crippen molar-refractivity contribution in [2.75, 3.05) is 31.1 Å². The van der Waals surface area contributed by atoms with Crippen LogP contribution in [-0.2, 0) is 0 Å². The van der Waals surface area contributed by atoms with E-state index >= 15 is 0 Å². The quantitative estimate of drug-likeness (QED) is 0.841. The molecule has 1 aliphatic heterocycles. The molecule has 0 unspecified atom stereocenters. The molecule has 15 heavy (non-hydrogen) atoms. The number of halogens is 1. The molecule has 78 valence electrons. The van der Waals surface area contributed by atoms with Crippen LogP contribution < -0.4 is 10.2 Å². The highest BCUT2D eigenvalue weighted by atomic mass is 79.9. The van der Waals surface area contributed by atoms with Gasteiger partial charge in [-0.05, 0) is 18.2 Å².